The van der Waals surface area contributed by atoms with Crippen LogP contribution >= 0.6 is 0 Å². The molecule has 0 atom stereocenters. The van der Waals surface area contributed by atoms with Crippen molar-refractivity contribution >= 4 is 17.6 Å². The van der Waals surface area contributed by atoms with E-state index in [0.717, 1.165) is 35.4 Å². The second kappa shape index (κ2) is 9.96. The molecule has 1 fully saturated rings. The summed E-state index contributed by atoms with van der Waals surface area (Å²) in [5, 5.41) is 5.96. The molecule has 1 aliphatic heterocycles. The number of hydrogen-bond acceptors (Lipinski definition) is 3. The molecule has 1 aliphatic rings. The van der Waals surface area contributed by atoms with Gasteiger partial charge >= 0.3 is 6.03 Å². The van der Waals surface area contributed by atoms with Gasteiger partial charge in [0.2, 0.25) is 5.91 Å². The molecule has 3 amide bonds. The van der Waals surface area contributed by atoms with E-state index < -0.39 is 0 Å². The first-order chi connectivity index (χ1) is 14.0. The topological polar surface area (TPSA) is 70.7 Å². The van der Waals surface area contributed by atoms with Crippen molar-refractivity contribution in [3.05, 3.63) is 59.7 Å². The molecular formula is C23H29N3O3. The fraction of sp³-hybridized carbons (Fsp3) is 0.391. The maximum Gasteiger partial charge on any atom is 0.321 e. The average Bonchev–Trinajstić information content (AvgIpc) is 2.68. The fourth-order valence-corrected chi connectivity index (χ4v) is 3.53. The number of urea groups is 1. The van der Waals surface area contributed by atoms with Gasteiger partial charge in [-0.2, -0.15) is 0 Å². The molecule has 1 saturated heterocycles. The molecule has 0 bridgehead atoms. The number of carbonyl (C=O) groups is 2. The van der Waals surface area contributed by atoms with Crippen LogP contribution in [0.25, 0.3) is 0 Å². The Balaban J connectivity index is 1.35. The van der Waals surface area contributed by atoms with E-state index in [4.69, 9.17) is 4.74 Å². The number of piperidine rings is 1. The van der Waals surface area contributed by atoms with Crippen LogP contribution in [0.1, 0.15) is 30.4 Å². The van der Waals surface area contributed by atoms with Crippen LogP contribution < -0.4 is 15.4 Å². The van der Waals surface area contributed by atoms with Crippen molar-refractivity contribution in [3.8, 4) is 5.75 Å². The van der Waals surface area contributed by atoms with Crippen LogP contribution in [0.5, 0.6) is 5.75 Å². The van der Waals surface area contributed by atoms with E-state index >= 15 is 0 Å². The van der Waals surface area contributed by atoms with Crippen molar-refractivity contribution in [2.24, 2.45) is 0 Å². The van der Waals surface area contributed by atoms with Gasteiger partial charge in [0.1, 0.15) is 5.75 Å². The quantitative estimate of drug-likeness (QED) is 0.780. The number of likely N-dealkylation sites (tertiary alicyclic amines) is 1. The summed E-state index contributed by atoms with van der Waals surface area (Å²) in [5.41, 5.74) is 3.08. The molecule has 0 aliphatic carbocycles. The number of anilines is 1. The average molecular weight is 396 g/mol. The first kappa shape index (κ1) is 20.7. The first-order valence-electron chi connectivity index (χ1n) is 10.1. The summed E-state index contributed by atoms with van der Waals surface area (Å²) in [4.78, 5) is 26.3. The van der Waals surface area contributed by atoms with Gasteiger partial charge in [-0.05, 0) is 62.1 Å². The number of carbonyl (C=O) groups excluding carboxylic acids is 2. The molecule has 0 saturated carbocycles. The van der Waals surface area contributed by atoms with Crippen molar-refractivity contribution in [1.29, 1.82) is 0 Å². The van der Waals surface area contributed by atoms with Crippen LogP contribution in [0.2, 0.25) is 0 Å². The minimum atomic E-state index is -0.0946. The molecule has 154 valence electrons. The SMILES string of the molecule is Cc1cc(C)cc(OCCC(=O)NC2CCN(C(=O)Nc3ccccc3)CC2)c1. The van der Waals surface area contributed by atoms with Gasteiger partial charge in [-0.1, -0.05) is 24.3 Å². The highest BCUT2D eigenvalue weighted by molar-refractivity contribution is 5.89. The lowest BCUT2D eigenvalue weighted by molar-refractivity contribution is -0.122. The standard InChI is InChI=1S/C23H29N3O3/c1-17-14-18(2)16-21(15-17)29-13-10-22(27)24-20-8-11-26(12-9-20)23(28)25-19-6-4-3-5-7-19/h3-7,14-16,20H,8-13H2,1-2H3,(H,24,27)(H,25,28). The van der Waals surface area contributed by atoms with Crippen molar-refractivity contribution in [2.75, 3.05) is 25.0 Å². The molecule has 6 heteroatoms. The summed E-state index contributed by atoms with van der Waals surface area (Å²) in [5.74, 6) is 0.787. The minimum Gasteiger partial charge on any atom is -0.493 e. The van der Waals surface area contributed by atoms with Gasteiger partial charge in [0.05, 0.1) is 13.0 Å². The fourth-order valence-electron chi connectivity index (χ4n) is 3.53. The Hall–Kier alpha value is -3.02. The highest BCUT2D eigenvalue weighted by Crippen LogP contribution is 2.17. The van der Waals surface area contributed by atoms with Crippen LogP contribution in [-0.2, 0) is 4.79 Å². The van der Waals surface area contributed by atoms with Crippen LogP contribution in [0, 0.1) is 13.8 Å². The number of benzene rings is 2. The highest BCUT2D eigenvalue weighted by atomic mass is 16.5. The van der Waals surface area contributed by atoms with Gasteiger partial charge in [-0.15, -0.1) is 0 Å². The monoisotopic (exact) mass is 395 g/mol. The van der Waals surface area contributed by atoms with E-state index in [1.807, 2.05) is 56.3 Å². The van der Waals surface area contributed by atoms with Crippen LogP contribution in [0.4, 0.5) is 10.5 Å². The molecule has 0 spiro atoms. The summed E-state index contributed by atoms with van der Waals surface area (Å²) in [7, 11) is 0. The molecule has 0 aromatic heterocycles. The third-order valence-electron chi connectivity index (χ3n) is 4.97. The van der Waals surface area contributed by atoms with E-state index in [0.29, 0.717) is 26.1 Å². The maximum absolute atomic E-state index is 12.3. The summed E-state index contributed by atoms with van der Waals surface area (Å²) in [6.07, 6.45) is 1.83. The lowest BCUT2D eigenvalue weighted by Gasteiger charge is -2.32. The Bertz CT molecular complexity index is 810. The minimum absolute atomic E-state index is 0.0124. The van der Waals surface area contributed by atoms with Gasteiger partial charge in [-0.25, -0.2) is 4.79 Å². The van der Waals surface area contributed by atoms with Crippen molar-refractivity contribution in [2.45, 2.75) is 39.2 Å². The second-order valence-electron chi connectivity index (χ2n) is 7.55. The second-order valence-corrected chi connectivity index (χ2v) is 7.55. The zero-order chi connectivity index (χ0) is 20.6. The lowest BCUT2D eigenvalue weighted by Crippen LogP contribution is -2.47. The van der Waals surface area contributed by atoms with Gasteiger partial charge in [0.15, 0.2) is 0 Å². The summed E-state index contributed by atoms with van der Waals surface area (Å²) in [6, 6.07) is 15.5. The van der Waals surface area contributed by atoms with E-state index in [2.05, 4.69) is 16.7 Å². The number of hydrogen-bond donors (Lipinski definition) is 2. The van der Waals surface area contributed by atoms with Gasteiger partial charge in [-0.3, -0.25) is 4.79 Å². The predicted molar refractivity (Wildman–Crippen MR) is 114 cm³/mol. The van der Waals surface area contributed by atoms with Crippen molar-refractivity contribution in [1.82, 2.24) is 10.2 Å². The zero-order valence-corrected chi connectivity index (χ0v) is 17.1. The van der Waals surface area contributed by atoms with Gasteiger partial charge in [0.25, 0.3) is 0 Å². The molecule has 6 nitrogen and oxygen atoms in total. The number of aryl methyl sites for hydroxylation is 2. The van der Waals surface area contributed by atoms with Crippen LogP contribution in [0.3, 0.4) is 0 Å². The Labute approximate surface area is 172 Å². The van der Waals surface area contributed by atoms with Gasteiger partial charge < -0.3 is 20.3 Å². The third-order valence-corrected chi connectivity index (χ3v) is 4.97. The normalized spacial score (nSPS) is 14.3. The molecule has 1 heterocycles. The predicted octanol–water partition coefficient (Wildman–Crippen LogP) is 3.89. The summed E-state index contributed by atoms with van der Waals surface area (Å²) >= 11 is 0. The highest BCUT2D eigenvalue weighted by Gasteiger charge is 2.23. The zero-order valence-electron chi connectivity index (χ0n) is 17.1. The Kier molecular flexibility index (Phi) is 7.11. The number of nitrogens with one attached hydrogen (secondary N) is 2. The Morgan fingerprint density at radius 3 is 2.34 bits per heavy atom. The van der Waals surface area contributed by atoms with E-state index in [1.54, 1.807) is 4.90 Å². The number of rotatable bonds is 6. The molecule has 0 radical (unpaired) electrons. The first-order valence-corrected chi connectivity index (χ1v) is 10.1. The summed E-state index contributed by atoms with van der Waals surface area (Å²) < 4.78 is 5.71. The van der Waals surface area contributed by atoms with E-state index in [1.165, 1.54) is 0 Å². The molecular weight excluding hydrogens is 366 g/mol. The molecule has 3 rings (SSSR count). The molecule has 2 aromatic carbocycles. The van der Waals surface area contributed by atoms with Gasteiger partial charge in [0, 0.05) is 24.8 Å². The number of nitrogens with zero attached hydrogens (tertiary/aromatic N) is 1. The Morgan fingerprint density at radius 2 is 1.69 bits per heavy atom. The molecule has 2 aromatic rings. The van der Waals surface area contributed by atoms with Crippen LogP contribution in [0.15, 0.2) is 48.5 Å². The molecule has 29 heavy (non-hydrogen) atoms. The Morgan fingerprint density at radius 1 is 1.03 bits per heavy atom. The number of para-hydroxylation sites is 1. The largest absolute Gasteiger partial charge is 0.493 e. The summed E-state index contributed by atoms with van der Waals surface area (Å²) in [6.45, 7) is 5.66. The van der Waals surface area contributed by atoms with Crippen molar-refractivity contribution < 1.29 is 14.3 Å². The molecule has 0 unspecified atom stereocenters. The van der Waals surface area contributed by atoms with Crippen molar-refractivity contribution in [3.63, 3.8) is 0 Å². The maximum atomic E-state index is 12.3. The molecule has 2 N–H and O–H groups in total. The smallest absolute Gasteiger partial charge is 0.321 e. The number of ether oxygens (including phenoxy) is 1. The van der Waals surface area contributed by atoms with Crippen LogP contribution in [-0.4, -0.2) is 42.6 Å². The van der Waals surface area contributed by atoms with E-state index in [9.17, 15) is 9.59 Å². The number of amides is 3. The van der Waals surface area contributed by atoms with E-state index in [-0.39, 0.29) is 18.0 Å². The third kappa shape index (κ3) is 6.52. The lowest BCUT2D eigenvalue weighted by atomic mass is 10.1.